The third-order valence-electron chi connectivity index (χ3n) is 3.10. The van der Waals surface area contributed by atoms with Crippen LogP contribution in [0.4, 0.5) is 15.9 Å². The molecule has 19 heavy (non-hydrogen) atoms. The number of benzene rings is 1. The summed E-state index contributed by atoms with van der Waals surface area (Å²) in [5, 5.41) is 6.30. The standard InChI is InChI=1S/C13H13FN4S/c14-9-3-1-2-4-10(9)16-12-8-5-6-15-7-11(8)17-13(19)18-12/h1-4,15H,5-7H2,(H2,16,17,18,19). The molecule has 2 heterocycles. The lowest BCUT2D eigenvalue weighted by molar-refractivity contribution is 0.621. The average molecular weight is 276 g/mol. The summed E-state index contributed by atoms with van der Waals surface area (Å²) < 4.78 is 14.1. The minimum absolute atomic E-state index is 0.300. The molecule has 4 nitrogen and oxygen atoms in total. The number of anilines is 2. The molecule has 0 aliphatic carbocycles. The molecule has 1 aliphatic heterocycles. The molecule has 0 saturated heterocycles. The van der Waals surface area contributed by atoms with Crippen molar-refractivity contribution in [3.63, 3.8) is 0 Å². The van der Waals surface area contributed by atoms with E-state index in [-0.39, 0.29) is 5.82 Å². The van der Waals surface area contributed by atoms with Crippen LogP contribution in [0.15, 0.2) is 24.3 Å². The predicted molar refractivity (Wildman–Crippen MR) is 74.5 cm³/mol. The molecular formula is C13H13FN4S. The van der Waals surface area contributed by atoms with Gasteiger partial charge in [-0.1, -0.05) is 12.1 Å². The zero-order chi connectivity index (χ0) is 13.2. The second kappa shape index (κ2) is 5.07. The summed E-state index contributed by atoms with van der Waals surface area (Å²) in [4.78, 5) is 7.35. The topological polar surface area (TPSA) is 52.7 Å². The van der Waals surface area contributed by atoms with Crippen molar-refractivity contribution in [3.05, 3.63) is 46.1 Å². The number of aromatic amines is 1. The van der Waals surface area contributed by atoms with E-state index < -0.39 is 0 Å². The second-order valence-electron chi connectivity index (χ2n) is 4.38. The van der Waals surface area contributed by atoms with Gasteiger partial charge in [0.15, 0.2) is 4.77 Å². The number of rotatable bonds is 2. The van der Waals surface area contributed by atoms with Crippen LogP contribution < -0.4 is 10.6 Å². The van der Waals surface area contributed by atoms with E-state index in [9.17, 15) is 4.39 Å². The molecule has 0 amide bonds. The highest BCUT2D eigenvalue weighted by molar-refractivity contribution is 7.71. The molecule has 1 aliphatic rings. The summed E-state index contributed by atoms with van der Waals surface area (Å²) in [5.41, 5.74) is 2.50. The largest absolute Gasteiger partial charge is 0.337 e. The number of hydrogen-bond donors (Lipinski definition) is 3. The molecule has 1 aromatic heterocycles. The van der Waals surface area contributed by atoms with Crippen molar-refractivity contribution >= 4 is 23.7 Å². The Bertz CT molecular complexity index is 668. The Labute approximate surface area is 115 Å². The Hall–Kier alpha value is -1.79. The van der Waals surface area contributed by atoms with Gasteiger partial charge < -0.3 is 15.6 Å². The fourth-order valence-corrected chi connectivity index (χ4v) is 2.40. The first kappa shape index (κ1) is 12.3. The van der Waals surface area contributed by atoms with Crippen molar-refractivity contribution in [3.8, 4) is 0 Å². The Morgan fingerprint density at radius 1 is 1.32 bits per heavy atom. The van der Waals surface area contributed by atoms with Crippen molar-refractivity contribution in [2.24, 2.45) is 0 Å². The number of H-pyrrole nitrogens is 1. The molecule has 0 bridgehead atoms. The van der Waals surface area contributed by atoms with Crippen LogP contribution in [0, 0.1) is 10.6 Å². The van der Waals surface area contributed by atoms with Gasteiger partial charge in [0.1, 0.15) is 11.6 Å². The smallest absolute Gasteiger partial charge is 0.199 e. The molecule has 0 saturated carbocycles. The SMILES string of the molecule is Fc1ccccc1Nc1nc(=S)[nH]c2c1CCNC2. The maximum absolute atomic E-state index is 13.7. The normalized spacial score (nSPS) is 13.9. The minimum Gasteiger partial charge on any atom is -0.337 e. The third kappa shape index (κ3) is 2.50. The number of halogens is 1. The van der Waals surface area contributed by atoms with Crippen LogP contribution >= 0.6 is 12.2 Å². The lowest BCUT2D eigenvalue weighted by Crippen LogP contribution is -2.26. The first-order chi connectivity index (χ1) is 9.24. The molecule has 3 N–H and O–H groups in total. The van der Waals surface area contributed by atoms with E-state index in [1.807, 2.05) is 0 Å². The summed E-state index contributed by atoms with van der Waals surface area (Å²) in [5.74, 6) is 0.344. The van der Waals surface area contributed by atoms with Crippen molar-refractivity contribution < 1.29 is 4.39 Å². The van der Waals surface area contributed by atoms with E-state index in [0.717, 1.165) is 30.8 Å². The van der Waals surface area contributed by atoms with Crippen LogP contribution in [-0.4, -0.2) is 16.5 Å². The van der Waals surface area contributed by atoms with Gasteiger partial charge >= 0.3 is 0 Å². The minimum atomic E-state index is -0.300. The quantitative estimate of drug-likeness (QED) is 0.738. The Balaban J connectivity index is 2.03. The van der Waals surface area contributed by atoms with Gasteiger partial charge in [-0.25, -0.2) is 9.37 Å². The number of hydrogen-bond acceptors (Lipinski definition) is 4. The summed E-state index contributed by atoms with van der Waals surface area (Å²) >= 11 is 5.11. The number of aromatic nitrogens is 2. The monoisotopic (exact) mass is 276 g/mol. The lowest BCUT2D eigenvalue weighted by atomic mass is 10.1. The molecule has 3 rings (SSSR count). The Kier molecular flexibility index (Phi) is 3.27. The predicted octanol–water partition coefficient (Wildman–Crippen LogP) is 2.67. The van der Waals surface area contributed by atoms with Crippen LogP contribution in [0.3, 0.4) is 0 Å². The van der Waals surface area contributed by atoms with Crippen molar-refractivity contribution in [1.29, 1.82) is 0 Å². The highest BCUT2D eigenvalue weighted by Crippen LogP contribution is 2.24. The van der Waals surface area contributed by atoms with Crippen molar-refractivity contribution in [1.82, 2.24) is 15.3 Å². The average Bonchev–Trinajstić information content (AvgIpc) is 2.41. The maximum Gasteiger partial charge on any atom is 0.199 e. The summed E-state index contributed by atoms with van der Waals surface area (Å²) in [6, 6.07) is 6.54. The van der Waals surface area contributed by atoms with E-state index in [4.69, 9.17) is 12.2 Å². The summed E-state index contributed by atoms with van der Waals surface area (Å²) in [6.45, 7) is 1.61. The van der Waals surface area contributed by atoms with E-state index >= 15 is 0 Å². The third-order valence-corrected chi connectivity index (χ3v) is 3.30. The Morgan fingerprint density at radius 2 is 2.16 bits per heavy atom. The fraction of sp³-hybridized carbons (Fsp3) is 0.231. The van der Waals surface area contributed by atoms with Gasteiger partial charge in [0.05, 0.1) is 5.69 Å². The molecule has 0 unspecified atom stereocenters. The van der Waals surface area contributed by atoms with Crippen LogP contribution in [0.1, 0.15) is 11.3 Å². The molecule has 98 valence electrons. The van der Waals surface area contributed by atoms with Crippen LogP contribution in [-0.2, 0) is 13.0 Å². The van der Waals surface area contributed by atoms with Crippen molar-refractivity contribution in [2.75, 3.05) is 11.9 Å². The molecule has 0 atom stereocenters. The van der Waals surface area contributed by atoms with Gasteiger partial charge in [0.25, 0.3) is 0 Å². The molecule has 0 spiro atoms. The van der Waals surface area contributed by atoms with E-state index in [2.05, 4.69) is 20.6 Å². The van der Waals surface area contributed by atoms with Gasteiger partial charge in [-0.15, -0.1) is 0 Å². The molecular weight excluding hydrogens is 263 g/mol. The number of nitrogens with one attached hydrogen (secondary N) is 3. The van der Waals surface area contributed by atoms with Gasteiger partial charge in [-0.05, 0) is 37.3 Å². The maximum atomic E-state index is 13.7. The van der Waals surface area contributed by atoms with Crippen LogP contribution in [0.5, 0.6) is 0 Å². The van der Waals surface area contributed by atoms with E-state index in [1.54, 1.807) is 18.2 Å². The highest BCUT2D eigenvalue weighted by Gasteiger charge is 2.15. The molecule has 6 heteroatoms. The highest BCUT2D eigenvalue weighted by atomic mass is 32.1. The van der Waals surface area contributed by atoms with Gasteiger partial charge in [0.2, 0.25) is 0 Å². The Morgan fingerprint density at radius 3 is 3.00 bits per heavy atom. The summed E-state index contributed by atoms with van der Waals surface area (Å²) in [6.07, 6.45) is 0.839. The fourth-order valence-electron chi connectivity index (χ4n) is 2.18. The molecule has 0 fully saturated rings. The zero-order valence-corrected chi connectivity index (χ0v) is 11.0. The molecule has 2 aromatic rings. The summed E-state index contributed by atoms with van der Waals surface area (Å²) in [7, 11) is 0. The number of nitrogens with zero attached hydrogens (tertiary/aromatic N) is 1. The second-order valence-corrected chi connectivity index (χ2v) is 4.77. The number of fused-ring (bicyclic) bond motifs is 1. The van der Waals surface area contributed by atoms with Crippen LogP contribution in [0.2, 0.25) is 0 Å². The molecule has 0 radical (unpaired) electrons. The first-order valence-corrected chi connectivity index (χ1v) is 6.49. The van der Waals surface area contributed by atoms with Crippen LogP contribution in [0.25, 0.3) is 0 Å². The molecule has 1 aromatic carbocycles. The zero-order valence-electron chi connectivity index (χ0n) is 10.2. The van der Waals surface area contributed by atoms with Gasteiger partial charge in [-0.2, -0.15) is 0 Å². The van der Waals surface area contributed by atoms with Crippen molar-refractivity contribution in [2.45, 2.75) is 13.0 Å². The first-order valence-electron chi connectivity index (χ1n) is 6.08. The van der Waals surface area contributed by atoms with E-state index in [1.165, 1.54) is 6.07 Å². The van der Waals surface area contributed by atoms with E-state index in [0.29, 0.717) is 16.3 Å². The number of para-hydroxylation sites is 1. The lowest BCUT2D eigenvalue weighted by Gasteiger charge is -2.20. The van der Waals surface area contributed by atoms with Gasteiger partial charge in [0, 0.05) is 17.8 Å². The van der Waals surface area contributed by atoms with Gasteiger partial charge in [-0.3, -0.25) is 0 Å².